The number of aromatic hydroxyl groups is 3. The van der Waals surface area contributed by atoms with Gasteiger partial charge in [-0.2, -0.15) is 0 Å². The van der Waals surface area contributed by atoms with E-state index in [1.165, 1.54) is 0 Å². The monoisotopic (exact) mass is 873 g/mol. The van der Waals surface area contributed by atoms with Gasteiger partial charge in [0, 0.05) is 18.2 Å². The van der Waals surface area contributed by atoms with Gasteiger partial charge >= 0.3 is 0 Å². The van der Waals surface area contributed by atoms with E-state index in [0.717, 1.165) is 37.4 Å². The van der Waals surface area contributed by atoms with E-state index < -0.39 is 24.2 Å². The number of rotatable bonds is 18. The lowest BCUT2D eigenvalue weighted by atomic mass is 10.1. The zero-order chi connectivity index (χ0) is 44.9. The van der Waals surface area contributed by atoms with E-state index in [0.29, 0.717) is 68.9 Å². The topological polar surface area (TPSA) is 127 Å². The second-order valence-corrected chi connectivity index (χ2v) is 38.9. The highest BCUT2D eigenvalue weighted by atomic mass is 28.3. The van der Waals surface area contributed by atoms with Crippen LogP contribution >= 0.6 is 0 Å². The van der Waals surface area contributed by atoms with Crippen LogP contribution in [-0.2, 0) is 0 Å². The number of aromatic nitrogens is 3. The summed E-state index contributed by atoms with van der Waals surface area (Å²) in [6.07, 6.45) is 2.81. The molecule has 0 aliphatic carbocycles. The molecule has 1 heterocycles. The molecule has 330 valence electrons. The van der Waals surface area contributed by atoms with Gasteiger partial charge in [-0.25, -0.2) is 15.0 Å². The fourth-order valence-electron chi connectivity index (χ4n) is 6.35. The molecule has 60 heavy (non-hydrogen) atoms. The fourth-order valence-corrected chi connectivity index (χ4v) is 11.7. The quantitative estimate of drug-likeness (QED) is 0.0661. The molecule has 0 spiro atoms. The standard InChI is InChI=1S/C48H75N3O6Si3/c1-46(2,3)58(10,11)28-16-25-55-34-19-22-37(40(52)31-34)43-49-44(38-23-20-35(32-41(38)53)56-26-17-29-59(12,13)47(4,5)6)51-45(50-43)39-24-21-36(33-42(39)54)57-27-18-30-60(14,15)48(7,8)9/h19-24,31-33,52-54H,16-18,25-30H2,1-15H3. The largest absolute Gasteiger partial charge is 0.507 e. The first kappa shape index (κ1) is 48.8. The van der Waals surface area contributed by atoms with Crippen molar-refractivity contribution in [3.8, 4) is 68.7 Å². The first-order chi connectivity index (χ1) is 27.6. The summed E-state index contributed by atoms with van der Waals surface area (Å²) in [5.41, 5.74) is 1.07. The third-order valence-corrected chi connectivity index (χ3v) is 31.0. The van der Waals surface area contributed by atoms with Crippen molar-refractivity contribution in [2.75, 3.05) is 19.8 Å². The fraction of sp³-hybridized carbons (Fsp3) is 0.562. The Labute approximate surface area is 364 Å². The Bertz CT molecular complexity index is 1820. The minimum atomic E-state index is -1.43. The summed E-state index contributed by atoms with van der Waals surface area (Å²) in [5, 5.41) is 34.9. The highest BCUT2D eigenvalue weighted by molar-refractivity contribution is 6.81. The van der Waals surface area contributed by atoms with E-state index in [2.05, 4.69) is 102 Å². The molecule has 0 amide bonds. The van der Waals surface area contributed by atoms with Crippen LogP contribution in [0.5, 0.6) is 34.5 Å². The van der Waals surface area contributed by atoms with Crippen LogP contribution in [0, 0.1) is 0 Å². The molecule has 0 saturated heterocycles. The summed E-state index contributed by atoms with van der Waals surface area (Å²) < 4.78 is 18.2. The number of ether oxygens (including phenoxy) is 3. The molecule has 0 fully saturated rings. The molecule has 3 N–H and O–H groups in total. The van der Waals surface area contributed by atoms with E-state index in [4.69, 9.17) is 29.2 Å². The van der Waals surface area contributed by atoms with Crippen molar-refractivity contribution in [1.29, 1.82) is 0 Å². The molecule has 0 atom stereocenters. The summed E-state index contributed by atoms with van der Waals surface area (Å²) in [5.74, 6) is 2.00. The number of phenolic OH excluding ortho intramolecular Hbond substituents is 3. The van der Waals surface area contributed by atoms with Gasteiger partial charge in [0.1, 0.15) is 34.5 Å². The van der Waals surface area contributed by atoms with Gasteiger partial charge in [0.15, 0.2) is 17.5 Å². The number of hydrogen-bond donors (Lipinski definition) is 3. The third kappa shape index (κ3) is 12.6. The van der Waals surface area contributed by atoms with Crippen LogP contribution in [0.2, 0.25) is 72.5 Å². The summed E-state index contributed by atoms with van der Waals surface area (Å²) in [4.78, 5) is 14.2. The molecule has 4 rings (SSSR count). The molecule has 0 aliphatic heterocycles. The van der Waals surface area contributed by atoms with Crippen molar-refractivity contribution in [3.63, 3.8) is 0 Å². The molecule has 0 saturated carbocycles. The Morgan fingerprint density at radius 1 is 0.417 bits per heavy atom. The molecule has 0 bridgehead atoms. The van der Waals surface area contributed by atoms with Gasteiger partial charge in [-0.05, 0) is 70.8 Å². The predicted molar refractivity (Wildman–Crippen MR) is 257 cm³/mol. The predicted octanol–water partition coefficient (Wildman–Crippen LogP) is 13.8. The smallest absolute Gasteiger partial charge is 0.167 e. The van der Waals surface area contributed by atoms with Crippen LogP contribution in [0.4, 0.5) is 0 Å². The van der Waals surface area contributed by atoms with Crippen LogP contribution in [-0.4, -0.2) is 74.3 Å². The SMILES string of the molecule is CC(C)(C)[Si](C)(C)CCCOc1ccc(-c2nc(-c3ccc(OCCC[Si](C)(C)C(C)(C)C)cc3O)nc(-c3ccc(OCCC[Si](C)(C)C(C)(C)C)cc3O)n2)c(O)c1. The molecule has 3 aromatic carbocycles. The Kier molecular flexibility index (Phi) is 15.5. The van der Waals surface area contributed by atoms with E-state index in [1.807, 2.05) is 0 Å². The average molecular weight is 874 g/mol. The van der Waals surface area contributed by atoms with E-state index >= 15 is 0 Å². The zero-order valence-electron chi connectivity index (χ0n) is 39.5. The van der Waals surface area contributed by atoms with E-state index in [1.54, 1.807) is 54.6 Å². The lowest BCUT2D eigenvalue weighted by Crippen LogP contribution is -2.37. The Morgan fingerprint density at radius 2 is 0.650 bits per heavy atom. The maximum Gasteiger partial charge on any atom is 0.167 e. The molecular weight excluding hydrogens is 799 g/mol. The number of hydrogen-bond acceptors (Lipinski definition) is 9. The molecule has 1 aromatic heterocycles. The molecule has 0 unspecified atom stereocenters. The molecule has 0 radical (unpaired) electrons. The Hall–Kier alpha value is -3.88. The maximum atomic E-state index is 11.3. The normalized spacial score (nSPS) is 13.1. The van der Waals surface area contributed by atoms with E-state index in [9.17, 15) is 15.3 Å². The first-order valence-electron chi connectivity index (χ1n) is 21.8. The van der Waals surface area contributed by atoms with Crippen molar-refractivity contribution in [1.82, 2.24) is 15.0 Å². The van der Waals surface area contributed by atoms with Crippen LogP contribution in [0.3, 0.4) is 0 Å². The number of phenols is 3. The third-order valence-electron chi connectivity index (χ3n) is 14.0. The molecule has 4 aromatic rings. The van der Waals surface area contributed by atoms with Crippen LogP contribution in [0.15, 0.2) is 54.6 Å². The molecule has 0 aliphatic rings. The van der Waals surface area contributed by atoms with Crippen LogP contribution < -0.4 is 14.2 Å². The minimum Gasteiger partial charge on any atom is -0.507 e. The van der Waals surface area contributed by atoms with Crippen molar-refractivity contribution in [2.24, 2.45) is 0 Å². The molecule has 12 heteroatoms. The summed E-state index contributed by atoms with van der Waals surface area (Å²) in [7, 11) is -4.28. The van der Waals surface area contributed by atoms with Crippen LogP contribution in [0.25, 0.3) is 34.2 Å². The lowest BCUT2D eigenvalue weighted by Gasteiger charge is -2.37. The average Bonchev–Trinajstić information content (AvgIpc) is 3.12. The van der Waals surface area contributed by atoms with Crippen LogP contribution in [0.1, 0.15) is 81.6 Å². The maximum absolute atomic E-state index is 11.3. The van der Waals surface area contributed by atoms with Gasteiger partial charge in [-0.1, -0.05) is 120 Å². The lowest BCUT2D eigenvalue weighted by molar-refractivity contribution is 0.314. The van der Waals surface area contributed by atoms with Crippen molar-refractivity contribution >= 4 is 24.2 Å². The Balaban J connectivity index is 1.62. The summed E-state index contributed by atoms with van der Waals surface area (Å²) in [6.45, 7) is 37.1. The molecule has 9 nitrogen and oxygen atoms in total. The van der Waals surface area contributed by atoms with Gasteiger partial charge in [-0.3, -0.25) is 0 Å². The van der Waals surface area contributed by atoms with E-state index in [-0.39, 0.29) is 34.7 Å². The van der Waals surface area contributed by atoms with Crippen molar-refractivity contribution in [2.45, 2.75) is 154 Å². The van der Waals surface area contributed by atoms with Gasteiger partial charge in [0.2, 0.25) is 0 Å². The first-order valence-corrected chi connectivity index (χ1v) is 31.4. The highest BCUT2D eigenvalue weighted by Crippen LogP contribution is 2.42. The van der Waals surface area contributed by atoms with Gasteiger partial charge in [0.05, 0.1) is 60.7 Å². The van der Waals surface area contributed by atoms with Crippen molar-refractivity contribution in [3.05, 3.63) is 54.6 Å². The summed E-state index contributed by atoms with van der Waals surface area (Å²) in [6, 6.07) is 18.7. The van der Waals surface area contributed by atoms with Crippen molar-refractivity contribution < 1.29 is 29.5 Å². The van der Waals surface area contributed by atoms with Gasteiger partial charge in [0.25, 0.3) is 0 Å². The number of nitrogens with zero attached hydrogens (tertiary/aromatic N) is 3. The minimum absolute atomic E-state index is 0.0589. The molecular formula is C48H75N3O6Si3. The second kappa shape index (κ2) is 19.0. The van der Waals surface area contributed by atoms with Gasteiger partial charge < -0.3 is 29.5 Å². The highest BCUT2D eigenvalue weighted by Gasteiger charge is 2.36. The second-order valence-electron chi connectivity index (χ2n) is 21.6. The zero-order valence-corrected chi connectivity index (χ0v) is 42.5. The number of benzene rings is 3. The summed E-state index contributed by atoms with van der Waals surface area (Å²) >= 11 is 0. The Morgan fingerprint density at radius 3 is 0.850 bits per heavy atom. The van der Waals surface area contributed by atoms with Gasteiger partial charge in [-0.15, -0.1) is 0 Å².